The lowest BCUT2D eigenvalue weighted by Gasteiger charge is -2.06. The first-order chi connectivity index (χ1) is 4.93. The maximum Gasteiger partial charge on any atom is 0.0574 e. The highest BCUT2D eigenvalue weighted by atomic mass is 32.2. The van der Waals surface area contributed by atoms with Crippen molar-refractivity contribution in [2.24, 2.45) is 0 Å². The smallest absolute Gasteiger partial charge is 0.0574 e. The first-order valence-electron chi connectivity index (χ1n) is 3.69. The summed E-state index contributed by atoms with van der Waals surface area (Å²) in [5, 5.41) is 4.05. The van der Waals surface area contributed by atoms with Gasteiger partial charge in [0.1, 0.15) is 0 Å². The van der Waals surface area contributed by atoms with E-state index in [4.69, 9.17) is 6.42 Å². The second kappa shape index (κ2) is 4.65. The minimum atomic E-state index is 0.719. The Hall–Kier alpha value is -0.130. The molecule has 1 nitrogen and oxygen atoms in total. The molecule has 0 aliphatic carbocycles. The maximum absolute atomic E-state index is 5.09. The zero-order chi connectivity index (χ0) is 7.23. The highest BCUT2D eigenvalue weighted by molar-refractivity contribution is 8.00. The number of rotatable bonds is 3. The van der Waals surface area contributed by atoms with E-state index in [1.165, 1.54) is 18.6 Å². The van der Waals surface area contributed by atoms with Crippen molar-refractivity contribution < 1.29 is 0 Å². The molecule has 1 saturated heterocycles. The molecule has 0 radical (unpaired) electrons. The van der Waals surface area contributed by atoms with Gasteiger partial charge in [0, 0.05) is 11.8 Å². The van der Waals surface area contributed by atoms with Crippen molar-refractivity contribution in [2.75, 3.05) is 18.8 Å². The van der Waals surface area contributed by atoms with E-state index in [0.717, 1.165) is 18.3 Å². The Balaban J connectivity index is 1.97. The van der Waals surface area contributed by atoms with Crippen LogP contribution in [0.2, 0.25) is 0 Å². The van der Waals surface area contributed by atoms with Crippen molar-refractivity contribution in [1.29, 1.82) is 0 Å². The Kier molecular flexibility index (Phi) is 3.71. The van der Waals surface area contributed by atoms with Gasteiger partial charge >= 0.3 is 0 Å². The minimum Gasteiger partial charge on any atom is -0.305 e. The fraction of sp³-hybridized carbons (Fsp3) is 0.750. The van der Waals surface area contributed by atoms with Crippen LogP contribution in [0, 0.1) is 12.3 Å². The molecule has 0 aromatic heterocycles. The van der Waals surface area contributed by atoms with E-state index >= 15 is 0 Å². The second-order valence-electron chi connectivity index (χ2n) is 2.47. The predicted molar refractivity (Wildman–Crippen MR) is 47.2 cm³/mol. The SMILES string of the molecule is C#CCNCC1CCCS1. The van der Waals surface area contributed by atoms with Crippen LogP contribution in [0.3, 0.4) is 0 Å². The molecule has 1 aliphatic rings. The average Bonchev–Trinajstić information content (AvgIpc) is 2.41. The molecule has 1 fully saturated rings. The molecule has 1 unspecified atom stereocenters. The Labute approximate surface area is 67.0 Å². The summed E-state index contributed by atoms with van der Waals surface area (Å²) in [6.07, 6.45) is 7.84. The molecule has 1 aliphatic heterocycles. The van der Waals surface area contributed by atoms with Crippen LogP contribution in [-0.4, -0.2) is 24.1 Å². The molecule has 0 amide bonds. The molecule has 0 bridgehead atoms. The third kappa shape index (κ3) is 2.64. The highest BCUT2D eigenvalue weighted by Gasteiger charge is 2.13. The fourth-order valence-electron chi connectivity index (χ4n) is 1.11. The minimum absolute atomic E-state index is 0.719. The Morgan fingerprint density at radius 1 is 1.70 bits per heavy atom. The summed E-state index contributed by atoms with van der Waals surface area (Å²) in [6.45, 7) is 1.81. The standard InChI is InChI=1S/C8H13NS/c1-2-5-9-7-8-4-3-6-10-8/h1,8-9H,3-7H2. The quantitative estimate of drug-likeness (QED) is 0.484. The van der Waals surface area contributed by atoms with Crippen molar-refractivity contribution >= 4 is 11.8 Å². The average molecular weight is 155 g/mol. The third-order valence-electron chi connectivity index (χ3n) is 1.62. The summed E-state index contributed by atoms with van der Waals surface area (Å²) in [7, 11) is 0. The molecule has 10 heavy (non-hydrogen) atoms. The summed E-state index contributed by atoms with van der Waals surface area (Å²) in [6, 6.07) is 0. The summed E-state index contributed by atoms with van der Waals surface area (Å²) in [5.41, 5.74) is 0. The summed E-state index contributed by atoms with van der Waals surface area (Å²) >= 11 is 2.06. The molecule has 2 heteroatoms. The van der Waals surface area contributed by atoms with E-state index in [0.29, 0.717) is 0 Å². The fourth-order valence-corrected chi connectivity index (χ4v) is 2.35. The number of terminal acetylenes is 1. The normalized spacial score (nSPS) is 24.5. The van der Waals surface area contributed by atoms with Crippen molar-refractivity contribution in [3.05, 3.63) is 0 Å². The zero-order valence-corrected chi connectivity index (χ0v) is 6.91. The summed E-state index contributed by atoms with van der Waals surface area (Å²) < 4.78 is 0. The molecule has 1 atom stereocenters. The lowest BCUT2D eigenvalue weighted by atomic mass is 10.2. The molecule has 0 aromatic rings. The number of thioether (sulfide) groups is 1. The van der Waals surface area contributed by atoms with E-state index in [1.54, 1.807) is 0 Å². The van der Waals surface area contributed by atoms with Gasteiger partial charge in [0.2, 0.25) is 0 Å². The molecule has 1 heterocycles. The molecule has 0 saturated carbocycles. The van der Waals surface area contributed by atoms with Gasteiger partial charge in [-0.25, -0.2) is 0 Å². The van der Waals surface area contributed by atoms with Gasteiger partial charge in [-0.05, 0) is 18.6 Å². The molecule has 0 spiro atoms. The monoisotopic (exact) mass is 155 g/mol. The highest BCUT2D eigenvalue weighted by Crippen LogP contribution is 2.24. The summed E-state index contributed by atoms with van der Waals surface area (Å²) in [5.74, 6) is 3.91. The zero-order valence-electron chi connectivity index (χ0n) is 6.10. The van der Waals surface area contributed by atoms with Gasteiger partial charge < -0.3 is 5.32 Å². The Morgan fingerprint density at radius 3 is 3.20 bits per heavy atom. The largest absolute Gasteiger partial charge is 0.305 e. The molecule has 1 rings (SSSR count). The van der Waals surface area contributed by atoms with E-state index in [1.807, 2.05) is 0 Å². The first kappa shape index (κ1) is 7.97. The van der Waals surface area contributed by atoms with Gasteiger partial charge in [0.05, 0.1) is 6.54 Å². The van der Waals surface area contributed by atoms with Gasteiger partial charge in [-0.3, -0.25) is 0 Å². The van der Waals surface area contributed by atoms with Crippen LogP contribution in [0.1, 0.15) is 12.8 Å². The topological polar surface area (TPSA) is 12.0 Å². The van der Waals surface area contributed by atoms with Gasteiger partial charge in [-0.15, -0.1) is 6.42 Å². The molecular formula is C8H13NS. The van der Waals surface area contributed by atoms with Gasteiger partial charge in [-0.2, -0.15) is 11.8 Å². The van der Waals surface area contributed by atoms with Crippen LogP contribution in [0.15, 0.2) is 0 Å². The molecule has 56 valence electrons. The van der Waals surface area contributed by atoms with E-state index in [2.05, 4.69) is 23.0 Å². The lowest BCUT2D eigenvalue weighted by Crippen LogP contribution is -2.23. The summed E-state index contributed by atoms with van der Waals surface area (Å²) in [4.78, 5) is 0. The Bertz CT molecular complexity index is 122. The van der Waals surface area contributed by atoms with Crippen LogP contribution in [0.25, 0.3) is 0 Å². The molecular weight excluding hydrogens is 142 g/mol. The third-order valence-corrected chi connectivity index (χ3v) is 3.02. The van der Waals surface area contributed by atoms with Crippen molar-refractivity contribution in [2.45, 2.75) is 18.1 Å². The van der Waals surface area contributed by atoms with Gasteiger partial charge in [0.25, 0.3) is 0 Å². The van der Waals surface area contributed by atoms with Gasteiger partial charge in [-0.1, -0.05) is 5.92 Å². The van der Waals surface area contributed by atoms with E-state index in [-0.39, 0.29) is 0 Å². The van der Waals surface area contributed by atoms with E-state index in [9.17, 15) is 0 Å². The molecule has 1 N–H and O–H groups in total. The van der Waals surface area contributed by atoms with Crippen LogP contribution in [-0.2, 0) is 0 Å². The van der Waals surface area contributed by atoms with Gasteiger partial charge in [0.15, 0.2) is 0 Å². The van der Waals surface area contributed by atoms with Crippen molar-refractivity contribution in [3.63, 3.8) is 0 Å². The Morgan fingerprint density at radius 2 is 2.60 bits per heavy atom. The van der Waals surface area contributed by atoms with Crippen molar-refractivity contribution in [3.8, 4) is 12.3 Å². The van der Waals surface area contributed by atoms with Crippen LogP contribution in [0.4, 0.5) is 0 Å². The maximum atomic E-state index is 5.09. The number of hydrogen-bond acceptors (Lipinski definition) is 2. The second-order valence-corrected chi connectivity index (χ2v) is 3.88. The van der Waals surface area contributed by atoms with Crippen LogP contribution < -0.4 is 5.32 Å². The number of nitrogens with one attached hydrogen (secondary N) is 1. The number of hydrogen-bond donors (Lipinski definition) is 1. The molecule has 0 aromatic carbocycles. The van der Waals surface area contributed by atoms with Crippen molar-refractivity contribution in [1.82, 2.24) is 5.32 Å². The first-order valence-corrected chi connectivity index (χ1v) is 4.74. The van der Waals surface area contributed by atoms with E-state index < -0.39 is 0 Å². The lowest BCUT2D eigenvalue weighted by molar-refractivity contribution is 0.689. The predicted octanol–water partition coefficient (Wildman–Crippen LogP) is 1.10. The van der Waals surface area contributed by atoms with Crippen LogP contribution >= 0.6 is 11.8 Å². The van der Waals surface area contributed by atoms with Crippen LogP contribution in [0.5, 0.6) is 0 Å².